The molecule has 9 heterocycles. The largest absolute Gasteiger partial charge is 0.415 e. The van der Waals surface area contributed by atoms with Crippen molar-refractivity contribution in [1.82, 2.24) is 85.5 Å². The van der Waals surface area contributed by atoms with E-state index in [4.69, 9.17) is 23.4 Å². The molecule has 0 aliphatic carbocycles. The lowest BCUT2D eigenvalue weighted by Crippen LogP contribution is -2.34. The maximum atomic E-state index is 12.3. The van der Waals surface area contributed by atoms with E-state index in [-0.39, 0.29) is 55.5 Å². The van der Waals surface area contributed by atoms with Gasteiger partial charge in [-0.15, -0.1) is 20.4 Å². The predicted molar refractivity (Wildman–Crippen MR) is 376 cm³/mol. The number of H-pyrrole nitrogens is 1. The van der Waals surface area contributed by atoms with Crippen molar-refractivity contribution in [2.24, 2.45) is 0 Å². The van der Waals surface area contributed by atoms with Gasteiger partial charge in [0.2, 0.25) is 17.3 Å². The average Bonchev–Trinajstić information content (AvgIpc) is 1.52. The van der Waals surface area contributed by atoms with E-state index in [0.717, 1.165) is 46.5 Å². The molecule has 1 unspecified atom stereocenters. The van der Waals surface area contributed by atoms with Gasteiger partial charge in [-0.25, -0.2) is 15.0 Å². The van der Waals surface area contributed by atoms with Gasteiger partial charge in [0, 0.05) is 110 Å². The number of aromatic nitrogens is 14. The first-order valence-corrected chi connectivity index (χ1v) is 30.9. The normalized spacial score (nSPS) is 11.5. The van der Waals surface area contributed by atoms with Crippen molar-refractivity contribution < 1.29 is 27.0 Å². The van der Waals surface area contributed by atoms with Crippen LogP contribution in [0.1, 0.15) is 88.7 Å². The Balaban J connectivity index is 0.000000320. The number of rotatable bonds is 19. The topological polar surface area (TPSA) is 362 Å². The molecule has 26 heteroatoms. The minimum Gasteiger partial charge on any atom is -0.415 e. The van der Waals surface area contributed by atoms with E-state index >= 15 is 0 Å². The molecule has 0 fully saturated rings. The number of aryl methyl sites for hydroxylation is 3. The summed E-state index contributed by atoms with van der Waals surface area (Å²) < 4.78 is 20.2. The minimum absolute atomic E-state index is 0. The summed E-state index contributed by atoms with van der Waals surface area (Å²) in [6.45, 7) is 16.8. The van der Waals surface area contributed by atoms with Gasteiger partial charge in [-0.2, -0.15) is 10.5 Å². The molecule has 12 aromatic rings. The molecule has 12 rings (SSSR count). The van der Waals surface area contributed by atoms with Crippen LogP contribution in [-0.4, -0.2) is 101 Å². The third-order valence-corrected chi connectivity index (χ3v) is 15.4. The SMILES string of the molecule is CNCc1ccc(-c2nnc(-c3nc(-c4ccc(=O)[nH]c4)cnc3C)o2)cc1.CNCc1ccc(-c2nnc(-c3nc(-c4ccc(=O)n(C(C)C)c4C#N)cnc3C)o2)cc1.Cc1ncc(-c2ccc(=O)n(C(C)(C)C#N)c2)nc1-c1cc(-c2ccc(CNC(C)CO)cc2)no1.[HH].[HH].[HH].[HH].[HH].[HH]. The number of nitrogens with one attached hydrogen (secondary N) is 4. The second-order valence-corrected chi connectivity index (χ2v) is 23.3. The lowest BCUT2D eigenvalue weighted by Gasteiger charge is -2.19. The number of aromatic amines is 1. The summed E-state index contributed by atoms with van der Waals surface area (Å²) in [5.74, 6) is 1.79. The number of hydrogen-bond donors (Lipinski definition) is 5. The molecule has 3 aromatic carbocycles. The summed E-state index contributed by atoms with van der Waals surface area (Å²) in [6, 6.07) is 38.9. The molecule has 26 nitrogen and oxygen atoms in total. The van der Waals surface area contributed by atoms with E-state index in [1.54, 1.807) is 70.0 Å². The second-order valence-electron chi connectivity index (χ2n) is 23.3. The minimum atomic E-state index is -1.00. The Bertz CT molecular complexity index is 5030. The van der Waals surface area contributed by atoms with E-state index in [1.165, 1.54) is 32.9 Å². The molecule has 0 aliphatic heterocycles. The molecular weight excluding hydrogens is 1230 g/mol. The number of pyridine rings is 3. The van der Waals surface area contributed by atoms with E-state index in [2.05, 4.69) is 83.5 Å². The van der Waals surface area contributed by atoms with E-state index in [9.17, 15) is 24.9 Å². The quantitative estimate of drug-likeness (QED) is 0.0502. The third-order valence-electron chi connectivity index (χ3n) is 15.4. The Hall–Kier alpha value is -11.9. The summed E-state index contributed by atoms with van der Waals surface area (Å²) in [6.07, 6.45) is 8.06. The molecule has 5 N–H and O–H groups in total. The summed E-state index contributed by atoms with van der Waals surface area (Å²) in [7, 11) is 3.80. The van der Waals surface area contributed by atoms with Crippen molar-refractivity contribution in [3.05, 3.63) is 217 Å². The van der Waals surface area contributed by atoms with Crippen LogP contribution in [0.3, 0.4) is 0 Å². The fourth-order valence-corrected chi connectivity index (χ4v) is 9.96. The molecule has 0 spiro atoms. The van der Waals surface area contributed by atoms with Crippen molar-refractivity contribution >= 4 is 0 Å². The van der Waals surface area contributed by atoms with Crippen molar-refractivity contribution in [2.75, 3.05) is 20.7 Å². The van der Waals surface area contributed by atoms with Gasteiger partial charge in [-0.05, 0) is 129 Å². The van der Waals surface area contributed by atoms with Crippen LogP contribution in [0.5, 0.6) is 0 Å². The molecule has 1 atom stereocenters. The maximum absolute atomic E-state index is 12.3. The number of aliphatic hydroxyl groups excluding tert-OH is 1. The highest BCUT2D eigenvalue weighted by molar-refractivity contribution is 5.70. The number of nitrogens with zero attached hydrogens (tertiary/aromatic N) is 15. The Labute approximate surface area is 565 Å². The highest BCUT2D eigenvalue weighted by Gasteiger charge is 2.24. The van der Waals surface area contributed by atoms with Crippen LogP contribution in [0.15, 0.2) is 174 Å². The monoisotopic (exact) mass is 1310 g/mol. The van der Waals surface area contributed by atoms with Crippen LogP contribution in [0.4, 0.5) is 0 Å². The van der Waals surface area contributed by atoms with Crippen LogP contribution in [0.2, 0.25) is 0 Å². The predicted octanol–water partition coefficient (Wildman–Crippen LogP) is 11.2. The highest BCUT2D eigenvalue weighted by atomic mass is 16.5. The summed E-state index contributed by atoms with van der Waals surface area (Å²) in [5, 5.41) is 58.7. The second kappa shape index (κ2) is 30.4. The van der Waals surface area contributed by atoms with E-state index in [0.29, 0.717) is 98.0 Å². The van der Waals surface area contributed by atoms with Gasteiger partial charge >= 0.3 is 0 Å². The lowest BCUT2D eigenvalue weighted by atomic mass is 10.1. The zero-order valence-electron chi connectivity index (χ0n) is 54.9. The highest BCUT2D eigenvalue weighted by Crippen LogP contribution is 2.32. The van der Waals surface area contributed by atoms with Crippen LogP contribution >= 0.6 is 0 Å². The molecule has 0 saturated carbocycles. The number of benzene rings is 3. The summed E-state index contributed by atoms with van der Waals surface area (Å²) >= 11 is 0. The Morgan fingerprint density at radius 3 is 1.60 bits per heavy atom. The van der Waals surface area contributed by atoms with Crippen LogP contribution < -0.4 is 32.6 Å². The molecule has 502 valence electrons. The summed E-state index contributed by atoms with van der Waals surface area (Å²) in [5.41, 5.74) is 12.1. The standard InChI is InChI=1S/C27H28N6O3.C24H23N7O2.C20H18N6O2.6H2/c1-17(15-34)29-12-19-5-7-20(8-6-19)22-11-24(36-32-22)26-18(2)30-13-23(31-26)21-9-10-25(35)33(14-21)27(3,4)16-28;1-14(2)31-20(11-25)18(9-10-21(31)32)19-13-27-15(3)22(28-19)24-30-29-23(33-24)17-7-5-16(6-8-17)12-26-4;1-12-18(24-16(11-22-12)15-7-8-17(27)23-10-15)20-26-25-19(28-20)14-5-3-13(4-6-14)9-21-2;;;;;;/h5-11,13-14,17,29,34H,12,15H2,1-4H3;5-10,13-14,26H,12H2,1-4H3;3-8,10-11,21H,9H2,1-2H3,(H,23,27);6*1H. The van der Waals surface area contributed by atoms with Crippen LogP contribution in [-0.2, 0) is 25.2 Å². The summed E-state index contributed by atoms with van der Waals surface area (Å²) in [4.78, 5) is 65.8. The average molecular weight is 1310 g/mol. The van der Waals surface area contributed by atoms with Gasteiger partial charge < -0.3 is 39.4 Å². The molecule has 0 aliphatic rings. The van der Waals surface area contributed by atoms with Gasteiger partial charge in [0.25, 0.3) is 22.9 Å². The first-order valence-electron chi connectivity index (χ1n) is 30.9. The molecule has 97 heavy (non-hydrogen) atoms. The number of aliphatic hydroxyl groups is 1. The molecule has 9 aromatic heterocycles. The molecule has 0 saturated heterocycles. The van der Waals surface area contributed by atoms with Crippen molar-refractivity contribution in [3.8, 4) is 115 Å². The van der Waals surface area contributed by atoms with Crippen molar-refractivity contribution in [3.63, 3.8) is 0 Å². The Kier molecular flexibility index (Phi) is 21.3. The first kappa shape index (κ1) is 67.9. The van der Waals surface area contributed by atoms with Crippen molar-refractivity contribution in [2.45, 2.75) is 92.6 Å². The van der Waals surface area contributed by atoms with Crippen LogP contribution in [0.25, 0.3) is 103 Å². The number of nitriles is 2. The molecule has 0 radical (unpaired) electrons. The van der Waals surface area contributed by atoms with Gasteiger partial charge in [0.1, 0.15) is 40.1 Å². The lowest BCUT2D eigenvalue weighted by molar-refractivity contribution is 0.251. The molecular formula is C71H81N19O7. The number of hydrogen-bond acceptors (Lipinski definition) is 23. The fraction of sp³-hybridized carbons (Fsp3) is 0.239. The smallest absolute Gasteiger partial charge is 0.268 e. The Morgan fingerprint density at radius 1 is 0.588 bits per heavy atom. The van der Waals surface area contributed by atoms with Gasteiger partial charge in [-0.1, -0.05) is 53.7 Å². The first-order chi connectivity index (χ1) is 46.8. The zero-order valence-corrected chi connectivity index (χ0v) is 54.9. The Morgan fingerprint density at radius 2 is 1.07 bits per heavy atom. The maximum Gasteiger partial charge on any atom is 0.268 e. The van der Waals surface area contributed by atoms with Crippen LogP contribution in [0, 0.1) is 43.4 Å². The van der Waals surface area contributed by atoms with E-state index < -0.39 is 5.54 Å². The van der Waals surface area contributed by atoms with Crippen molar-refractivity contribution in [1.29, 1.82) is 10.5 Å². The zero-order chi connectivity index (χ0) is 68.9. The van der Waals surface area contributed by atoms with Gasteiger partial charge in [0.15, 0.2) is 5.76 Å². The fourth-order valence-electron chi connectivity index (χ4n) is 9.96. The molecule has 0 amide bonds. The van der Waals surface area contributed by atoms with Gasteiger partial charge in [0.05, 0.1) is 65.4 Å². The van der Waals surface area contributed by atoms with Gasteiger partial charge in [-0.3, -0.25) is 38.5 Å². The van der Waals surface area contributed by atoms with E-state index in [1.807, 2.05) is 128 Å². The third kappa shape index (κ3) is 16.0. The molecule has 0 bridgehead atoms.